The standard InChI is InChI=1S/C18H16ClN3O5S/c1-26-15-7-3-11(9-16(15)27-2)4-8-17(23)21-18(28)20-12-5-6-13(19)14(10-12)22(24)25/h3-10H,1-2H3,(H2,20,21,23,28)/b8-4+. The molecule has 0 radical (unpaired) electrons. The van der Waals surface area contributed by atoms with Crippen molar-refractivity contribution in [2.75, 3.05) is 19.5 Å². The number of carbonyl (C=O) groups excluding carboxylic acids is 1. The van der Waals surface area contributed by atoms with Crippen molar-refractivity contribution in [2.45, 2.75) is 0 Å². The lowest BCUT2D eigenvalue weighted by atomic mass is 10.2. The minimum Gasteiger partial charge on any atom is -0.493 e. The summed E-state index contributed by atoms with van der Waals surface area (Å²) in [7, 11) is 3.05. The second kappa shape index (κ2) is 9.67. The summed E-state index contributed by atoms with van der Waals surface area (Å²) in [6.45, 7) is 0. The number of carbonyl (C=O) groups is 1. The van der Waals surface area contributed by atoms with Crippen molar-refractivity contribution in [3.05, 3.63) is 63.2 Å². The maximum atomic E-state index is 12.0. The first-order valence-electron chi connectivity index (χ1n) is 7.80. The van der Waals surface area contributed by atoms with Gasteiger partial charge >= 0.3 is 0 Å². The van der Waals surface area contributed by atoms with Crippen LogP contribution in [0.3, 0.4) is 0 Å². The average molecular weight is 422 g/mol. The van der Waals surface area contributed by atoms with Gasteiger partial charge < -0.3 is 14.8 Å². The molecule has 8 nitrogen and oxygen atoms in total. The van der Waals surface area contributed by atoms with Gasteiger partial charge in [0.1, 0.15) is 5.02 Å². The Kier molecular flexibility index (Phi) is 7.30. The number of hydrogen-bond donors (Lipinski definition) is 2. The lowest BCUT2D eigenvalue weighted by molar-refractivity contribution is -0.384. The third kappa shape index (κ3) is 5.66. The predicted molar refractivity (Wildman–Crippen MR) is 111 cm³/mol. The van der Waals surface area contributed by atoms with Crippen LogP contribution in [0, 0.1) is 10.1 Å². The number of benzene rings is 2. The summed E-state index contributed by atoms with van der Waals surface area (Å²) in [5.41, 5.74) is 0.777. The van der Waals surface area contributed by atoms with Crippen molar-refractivity contribution in [3.63, 3.8) is 0 Å². The number of nitrogens with one attached hydrogen (secondary N) is 2. The fourth-order valence-electron chi connectivity index (χ4n) is 2.17. The summed E-state index contributed by atoms with van der Waals surface area (Å²) in [5.74, 6) is 0.633. The number of ether oxygens (including phenoxy) is 2. The lowest BCUT2D eigenvalue weighted by Crippen LogP contribution is -2.32. The Morgan fingerprint density at radius 1 is 1.18 bits per heavy atom. The molecule has 0 saturated carbocycles. The number of rotatable bonds is 6. The minimum absolute atomic E-state index is 0.00311. The molecule has 2 aromatic carbocycles. The molecule has 2 aromatic rings. The van der Waals surface area contributed by atoms with E-state index in [9.17, 15) is 14.9 Å². The number of hydrogen-bond acceptors (Lipinski definition) is 6. The number of anilines is 1. The van der Waals surface area contributed by atoms with E-state index >= 15 is 0 Å². The first-order valence-corrected chi connectivity index (χ1v) is 8.58. The monoisotopic (exact) mass is 421 g/mol. The Morgan fingerprint density at radius 2 is 1.89 bits per heavy atom. The van der Waals surface area contributed by atoms with E-state index in [1.54, 1.807) is 24.3 Å². The Hall–Kier alpha value is -3.17. The first kappa shape index (κ1) is 21.1. The fraction of sp³-hybridized carbons (Fsp3) is 0.111. The average Bonchev–Trinajstić information content (AvgIpc) is 2.67. The van der Waals surface area contributed by atoms with Crippen molar-refractivity contribution in [3.8, 4) is 11.5 Å². The highest BCUT2D eigenvalue weighted by molar-refractivity contribution is 7.80. The Bertz CT molecular complexity index is 949. The number of methoxy groups -OCH3 is 2. The number of thiocarbonyl (C=S) groups is 1. The molecule has 28 heavy (non-hydrogen) atoms. The molecular formula is C18H16ClN3O5S. The number of nitro groups is 1. The molecule has 0 atom stereocenters. The van der Waals surface area contributed by atoms with E-state index in [4.69, 9.17) is 33.3 Å². The van der Waals surface area contributed by atoms with Gasteiger partial charge in [0, 0.05) is 17.8 Å². The number of amides is 1. The molecular weight excluding hydrogens is 406 g/mol. The molecule has 0 saturated heterocycles. The second-order valence-electron chi connectivity index (χ2n) is 5.31. The van der Waals surface area contributed by atoms with Crippen molar-refractivity contribution in [2.24, 2.45) is 0 Å². The molecule has 0 bridgehead atoms. The van der Waals surface area contributed by atoms with Crippen LogP contribution in [0.4, 0.5) is 11.4 Å². The van der Waals surface area contributed by atoms with E-state index < -0.39 is 10.8 Å². The smallest absolute Gasteiger partial charge is 0.289 e. The van der Waals surface area contributed by atoms with Gasteiger partial charge in [0.25, 0.3) is 5.69 Å². The van der Waals surface area contributed by atoms with Crippen molar-refractivity contribution in [1.29, 1.82) is 0 Å². The summed E-state index contributed by atoms with van der Waals surface area (Å²) < 4.78 is 10.4. The molecule has 2 N–H and O–H groups in total. The fourth-order valence-corrected chi connectivity index (χ4v) is 2.58. The van der Waals surface area contributed by atoms with E-state index in [0.717, 1.165) is 5.56 Å². The van der Waals surface area contributed by atoms with Gasteiger partial charge in [-0.05, 0) is 48.1 Å². The Morgan fingerprint density at radius 3 is 2.54 bits per heavy atom. The Labute approximate surface area is 171 Å². The summed E-state index contributed by atoms with van der Waals surface area (Å²) in [4.78, 5) is 22.3. The van der Waals surface area contributed by atoms with Crippen LogP contribution in [0.25, 0.3) is 6.08 Å². The molecule has 146 valence electrons. The zero-order valence-electron chi connectivity index (χ0n) is 14.9. The topological polar surface area (TPSA) is 103 Å². The lowest BCUT2D eigenvalue weighted by Gasteiger charge is -2.09. The molecule has 0 fully saturated rings. The molecule has 0 spiro atoms. The van der Waals surface area contributed by atoms with Gasteiger partial charge in [-0.25, -0.2) is 0 Å². The van der Waals surface area contributed by atoms with Crippen LogP contribution in [0.15, 0.2) is 42.5 Å². The van der Waals surface area contributed by atoms with Crippen molar-refractivity contribution in [1.82, 2.24) is 5.32 Å². The van der Waals surface area contributed by atoms with Gasteiger partial charge in [-0.15, -0.1) is 0 Å². The highest BCUT2D eigenvalue weighted by Crippen LogP contribution is 2.28. The van der Waals surface area contributed by atoms with Gasteiger partial charge in [-0.1, -0.05) is 17.7 Å². The highest BCUT2D eigenvalue weighted by atomic mass is 35.5. The maximum absolute atomic E-state index is 12.0. The molecule has 0 aliphatic heterocycles. The molecule has 1 amide bonds. The van der Waals surface area contributed by atoms with Crippen LogP contribution >= 0.6 is 23.8 Å². The van der Waals surface area contributed by atoms with Gasteiger partial charge in [0.2, 0.25) is 5.91 Å². The summed E-state index contributed by atoms with van der Waals surface area (Å²) >= 11 is 10.8. The molecule has 10 heteroatoms. The zero-order chi connectivity index (χ0) is 20.7. The number of halogens is 1. The third-order valence-corrected chi connectivity index (χ3v) is 4.00. The van der Waals surface area contributed by atoms with Crippen molar-refractivity contribution >= 4 is 52.3 Å². The minimum atomic E-state index is -0.610. The van der Waals surface area contributed by atoms with E-state index in [-0.39, 0.29) is 15.8 Å². The van der Waals surface area contributed by atoms with Crippen LogP contribution in [0.2, 0.25) is 5.02 Å². The molecule has 0 heterocycles. The van der Waals surface area contributed by atoms with E-state index in [2.05, 4.69) is 10.6 Å². The summed E-state index contributed by atoms with van der Waals surface area (Å²) in [5, 5.41) is 16.0. The van der Waals surface area contributed by atoms with Crippen LogP contribution in [-0.4, -0.2) is 30.2 Å². The second-order valence-corrected chi connectivity index (χ2v) is 6.13. The molecule has 2 rings (SSSR count). The zero-order valence-corrected chi connectivity index (χ0v) is 16.5. The normalized spacial score (nSPS) is 10.4. The highest BCUT2D eigenvalue weighted by Gasteiger charge is 2.13. The van der Waals surface area contributed by atoms with Crippen LogP contribution < -0.4 is 20.1 Å². The van der Waals surface area contributed by atoms with Crippen LogP contribution in [0.5, 0.6) is 11.5 Å². The first-order chi connectivity index (χ1) is 13.3. The van der Waals surface area contributed by atoms with E-state index in [0.29, 0.717) is 17.2 Å². The molecule has 0 unspecified atom stereocenters. The largest absolute Gasteiger partial charge is 0.493 e. The quantitative estimate of drug-likeness (QED) is 0.316. The van der Waals surface area contributed by atoms with Gasteiger partial charge in [0.15, 0.2) is 16.6 Å². The van der Waals surface area contributed by atoms with E-state index in [1.807, 2.05) is 0 Å². The Balaban J connectivity index is 1.99. The van der Waals surface area contributed by atoms with Crippen molar-refractivity contribution < 1.29 is 19.2 Å². The SMILES string of the molecule is COc1ccc(/C=C/C(=O)NC(=S)Nc2ccc(Cl)c([N+](=O)[O-])c2)cc1OC. The van der Waals surface area contributed by atoms with E-state index in [1.165, 1.54) is 38.5 Å². The number of nitrogens with zero attached hydrogens (tertiary/aromatic N) is 1. The third-order valence-electron chi connectivity index (χ3n) is 3.47. The molecule has 0 aliphatic rings. The number of nitro benzene ring substituents is 1. The predicted octanol–water partition coefficient (Wildman–Crippen LogP) is 3.79. The summed E-state index contributed by atoms with van der Waals surface area (Å²) in [6, 6.07) is 9.29. The molecule has 0 aliphatic carbocycles. The van der Waals surface area contributed by atoms with Gasteiger partial charge in [-0.2, -0.15) is 0 Å². The maximum Gasteiger partial charge on any atom is 0.289 e. The van der Waals surface area contributed by atoms with Gasteiger partial charge in [0.05, 0.1) is 19.1 Å². The van der Waals surface area contributed by atoms with Crippen LogP contribution in [-0.2, 0) is 4.79 Å². The molecule has 0 aromatic heterocycles. The van der Waals surface area contributed by atoms with Crippen LogP contribution in [0.1, 0.15) is 5.56 Å². The van der Waals surface area contributed by atoms with Gasteiger partial charge in [-0.3, -0.25) is 20.2 Å². The summed E-state index contributed by atoms with van der Waals surface area (Å²) in [6.07, 6.45) is 2.87.